The summed E-state index contributed by atoms with van der Waals surface area (Å²) in [6, 6.07) is -0.00136. The number of carbonyl (C=O) groups is 1. The maximum Gasteiger partial charge on any atom is 0.223 e. The van der Waals surface area contributed by atoms with Crippen LogP contribution in [0.4, 0.5) is 0 Å². The second kappa shape index (κ2) is 6.24. The number of hydrogen-bond acceptors (Lipinski definition) is 2. The second-order valence-electron chi connectivity index (χ2n) is 5.54. The van der Waals surface area contributed by atoms with Crippen LogP contribution in [0.3, 0.4) is 0 Å². The summed E-state index contributed by atoms with van der Waals surface area (Å²) in [4.78, 5) is 13.8. The van der Waals surface area contributed by atoms with E-state index in [1.807, 2.05) is 11.9 Å². The molecule has 0 aliphatic heterocycles. The van der Waals surface area contributed by atoms with Gasteiger partial charge in [-0.3, -0.25) is 4.79 Å². The predicted octanol–water partition coefficient (Wildman–Crippen LogP) is 2.01. The molecule has 94 valence electrons. The van der Waals surface area contributed by atoms with Gasteiger partial charge in [0.15, 0.2) is 0 Å². The van der Waals surface area contributed by atoms with Gasteiger partial charge in [-0.2, -0.15) is 0 Å². The molecule has 1 atom stereocenters. The number of amides is 1. The second-order valence-corrected chi connectivity index (χ2v) is 5.54. The summed E-state index contributed by atoms with van der Waals surface area (Å²) in [7, 11) is 1.91. The molecule has 1 aliphatic rings. The molecule has 1 saturated carbocycles. The van der Waals surface area contributed by atoms with Gasteiger partial charge < -0.3 is 10.6 Å². The van der Waals surface area contributed by atoms with E-state index in [1.165, 1.54) is 25.7 Å². The minimum atomic E-state index is -0.00136. The van der Waals surface area contributed by atoms with E-state index in [0.717, 1.165) is 12.5 Å². The fourth-order valence-electron chi connectivity index (χ4n) is 2.28. The molecule has 1 unspecified atom stereocenters. The maximum absolute atomic E-state index is 11.9. The van der Waals surface area contributed by atoms with Gasteiger partial charge >= 0.3 is 0 Å². The Morgan fingerprint density at radius 3 is 2.44 bits per heavy atom. The Kier molecular flexibility index (Phi) is 5.26. The lowest BCUT2D eigenvalue weighted by Crippen LogP contribution is -2.37. The highest BCUT2D eigenvalue weighted by Gasteiger charge is 2.21. The van der Waals surface area contributed by atoms with E-state index >= 15 is 0 Å². The first-order valence-corrected chi connectivity index (χ1v) is 6.50. The van der Waals surface area contributed by atoms with Gasteiger partial charge in [0.05, 0.1) is 0 Å². The van der Waals surface area contributed by atoms with Crippen molar-refractivity contribution < 1.29 is 4.79 Å². The third-order valence-electron chi connectivity index (χ3n) is 3.70. The van der Waals surface area contributed by atoms with Crippen LogP contribution in [0.2, 0.25) is 0 Å². The Hall–Kier alpha value is -0.570. The first-order valence-electron chi connectivity index (χ1n) is 6.50. The number of nitrogens with two attached hydrogens (primary N) is 1. The quantitative estimate of drug-likeness (QED) is 0.779. The SMILES string of the molecule is CC(C)C(N)CC(=O)N(C)CC1CCCC1. The van der Waals surface area contributed by atoms with Gasteiger partial charge in [-0.25, -0.2) is 0 Å². The molecular weight excluding hydrogens is 200 g/mol. The highest BCUT2D eigenvalue weighted by atomic mass is 16.2. The van der Waals surface area contributed by atoms with E-state index in [0.29, 0.717) is 12.3 Å². The van der Waals surface area contributed by atoms with Crippen LogP contribution in [-0.4, -0.2) is 30.4 Å². The molecular formula is C13H26N2O. The molecule has 0 heterocycles. The van der Waals surface area contributed by atoms with Gasteiger partial charge in [-0.1, -0.05) is 26.7 Å². The third kappa shape index (κ3) is 4.12. The van der Waals surface area contributed by atoms with Crippen LogP contribution >= 0.6 is 0 Å². The average molecular weight is 226 g/mol. The molecule has 1 fully saturated rings. The zero-order chi connectivity index (χ0) is 12.1. The van der Waals surface area contributed by atoms with Crippen LogP contribution in [0.25, 0.3) is 0 Å². The summed E-state index contributed by atoms with van der Waals surface area (Å²) in [6.45, 7) is 5.05. The number of hydrogen-bond donors (Lipinski definition) is 1. The Balaban J connectivity index is 2.29. The van der Waals surface area contributed by atoms with Gasteiger partial charge in [-0.05, 0) is 24.7 Å². The molecule has 0 spiro atoms. The van der Waals surface area contributed by atoms with E-state index in [4.69, 9.17) is 5.73 Å². The van der Waals surface area contributed by atoms with Crippen molar-refractivity contribution in [2.75, 3.05) is 13.6 Å². The zero-order valence-electron chi connectivity index (χ0n) is 10.9. The molecule has 0 aromatic carbocycles. The van der Waals surface area contributed by atoms with Gasteiger partial charge in [0.1, 0.15) is 0 Å². The van der Waals surface area contributed by atoms with Crippen LogP contribution in [0.1, 0.15) is 46.0 Å². The molecule has 0 aromatic rings. The van der Waals surface area contributed by atoms with Crippen molar-refractivity contribution in [2.45, 2.75) is 52.0 Å². The van der Waals surface area contributed by atoms with Crippen LogP contribution in [-0.2, 0) is 4.79 Å². The fourth-order valence-corrected chi connectivity index (χ4v) is 2.28. The van der Waals surface area contributed by atoms with Crippen molar-refractivity contribution in [3.63, 3.8) is 0 Å². The molecule has 1 rings (SSSR count). The molecule has 1 amide bonds. The molecule has 16 heavy (non-hydrogen) atoms. The third-order valence-corrected chi connectivity index (χ3v) is 3.70. The Morgan fingerprint density at radius 2 is 1.94 bits per heavy atom. The molecule has 3 heteroatoms. The Morgan fingerprint density at radius 1 is 1.38 bits per heavy atom. The summed E-state index contributed by atoms with van der Waals surface area (Å²) in [5, 5.41) is 0. The average Bonchev–Trinajstić information content (AvgIpc) is 2.69. The monoisotopic (exact) mass is 226 g/mol. The van der Waals surface area contributed by atoms with Gasteiger partial charge in [0, 0.05) is 26.1 Å². The summed E-state index contributed by atoms with van der Waals surface area (Å²) < 4.78 is 0. The van der Waals surface area contributed by atoms with Crippen molar-refractivity contribution >= 4 is 5.91 Å². The Labute approximate surface area is 99.4 Å². The van der Waals surface area contributed by atoms with E-state index < -0.39 is 0 Å². The molecule has 2 N–H and O–H groups in total. The smallest absolute Gasteiger partial charge is 0.223 e. The summed E-state index contributed by atoms with van der Waals surface area (Å²) in [6.07, 6.45) is 5.72. The van der Waals surface area contributed by atoms with E-state index in [-0.39, 0.29) is 11.9 Å². The largest absolute Gasteiger partial charge is 0.345 e. The van der Waals surface area contributed by atoms with Gasteiger partial charge in [0.2, 0.25) is 5.91 Å². The molecule has 0 saturated heterocycles. The normalized spacial score (nSPS) is 19.1. The highest BCUT2D eigenvalue weighted by Crippen LogP contribution is 2.25. The number of carbonyl (C=O) groups excluding carboxylic acids is 1. The maximum atomic E-state index is 11.9. The molecule has 0 radical (unpaired) electrons. The number of nitrogens with zero attached hydrogens (tertiary/aromatic N) is 1. The van der Waals surface area contributed by atoms with Crippen LogP contribution in [0.5, 0.6) is 0 Å². The van der Waals surface area contributed by atoms with Gasteiger partial charge in [0.25, 0.3) is 0 Å². The van der Waals surface area contributed by atoms with E-state index in [1.54, 1.807) is 0 Å². The van der Waals surface area contributed by atoms with E-state index in [9.17, 15) is 4.79 Å². The van der Waals surface area contributed by atoms with Crippen LogP contribution < -0.4 is 5.73 Å². The molecule has 0 bridgehead atoms. The molecule has 1 aliphatic carbocycles. The zero-order valence-corrected chi connectivity index (χ0v) is 10.9. The summed E-state index contributed by atoms with van der Waals surface area (Å²) >= 11 is 0. The van der Waals surface area contributed by atoms with Crippen molar-refractivity contribution in [2.24, 2.45) is 17.6 Å². The topological polar surface area (TPSA) is 46.3 Å². The van der Waals surface area contributed by atoms with Crippen molar-refractivity contribution in [1.29, 1.82) is 0 Å². The lowest BCUT2D eigenvalue weighted by atomic mass is 10.0. The van der Waals surface area contributed by atoms with Gasteiger partial charge in [-0.15, -0.1) is 0 Å². The first kappa shape index (κ1) is 13.5. The van der Waals surface area contributed by atoms with E-state index in [2.05, 4.69) is 13.8 Å². The standard InChI is InChI=1S/C13H26N2O/c1-10(2)12(14)8-13(16)15(3)9-11-6-4-5-7-11/h10-12H,4-9,14H2,1-3H3. The summed E-state index contributed by atoms with van der Waals surface area (Å²) in [5.41, 5.74) is 5.92. The lowest BCUT2D eigenvalue weighted by Gasteiger charge is -2.23. The number of rotatable bonds is 5. The first-order chi connectivity index (χ1) is 7.50. The van der Waals surface area contributed by atoms with Crippen LogP contribution in [0, 0.1) is 11.8 Å². The minimum absolute atomic E-state index is 0.00136. The Bertz CT molecular complexity index is 222. The lowest BCUT2D eigenvalue weighted by molar-refractivity contribution is -0.131. The van der Waals surface area contributed by atoms with Crippen LogP contribution in [0.15, 0.2) is 0 Å². The molecule has 3 nitrogen and oxygen atoms in total. The predicted molar refractivity (Wildman–Crippen MR) is 67.0 cm³/mol. The van der Waals surface area contributed by atoms with Crippen molar-refractivity contribution in [3.05, 3.63) is 0 Å². The van der Waals surface area contributed by atoms with Crippen molar-refractivity contribution in [1.82, 2.24) is 4.90 Å². The molecule has 0 aromatic heterocycles. The minimum Gasteiger partial charge on any atom is -0.345 e. The fraction of sp³-hybridized carbons (Fsp3) is 0.923. The highest BCUT2D eigenvalue weighted by molar-refractivity contribution is 5.76. The van der Waals surface area contributed by atoms with Crippen molar-refractivity contribution in [3.8, 4) is 0 Å². The summed E-state index contributed by atoms with van der Waals surface area (Å²) in [5.74, 6) is 1.31.